The van der Waals surface area contributed by atoms with Crippen molar-refractivity contribution < 1.29 is 4.74 Å². The van der Waals surface area contributed by atoms with E-state index in [9.17, 15) is 0 Å². The largest absolute Gasteiger partial charge is 0.373 e. The minimum Gasteiger partial charge on any atom is -0.373 e. The molecule has 2 aromatic rings. The summed E-state index contributed by atoms with van der Waals surface area (Å²) in [7, 11) is 0. The predicted molar refractivity (Wildman–Crippen MR) is 105 cm³/mol. The number of piperidine rings is 1. The third kappa shape index (κ3) is 3.92. The van der Waals surface area contributed by atoms with Gasteiger partial charge in [-0.1, -0.05) is 61.5 Å². The lowest BCUT2D eigenvalue weighted by Gasteiger charge is -2.39. The molecule has 0 aliphatic carbocycles. The van der Waals surface area contributed by atoms with Crippen molar-refractivity contribution in [3.05, 3.63) is 71.3 Å². The highest BCUT2D eigenvalue weighted by atomic mass is 35.5. The molecule has 4 unspecified atom stereocenters. The third-order valence-electron chi connectivity index (χ3n) is 5.85. The second kappa shape index (κ2) is 8.35. The van der Waals surface area contributed by atoms with Gasteiger partial charge >= 0.3 is 0 Å². The molecule has 0 saturated carbocycles. The van der Waals surface area contributed by atoms with Crippen LogP contribution in [0.3, 0.4) is 0 Å². The van der Waals surface area contributed by atoms with Crippen LogP contribution in [0.2, 0.25) is 0 Å². The van der Waals surface area contributed by atoms with Crippen molar-refractivity contribution in [2.24, 2.45) is 5.92 Å². The summed E-state index contributed by atoms with van der Waals surface area (Å²) >= 11 is 0. The average Bonchev–Trinajstić information content (AvgIpc) is 2.68. The molecule has 134 valence electrons. The first-order chi connectivity index (χ1) is 11.8. The number of fused-ring (bicyclic) bond motifs is 1. The second-order valence-corrected chi connectivity index (χ2v) is 7.29. The molecule has 25 heavy (non-hydrogen) atoms. The van der Waals surface area contributed by atoms with Crippen molar-refractivity contribution in [3.63, 3.8) is 0 Å². The molecular formula is C22H28ClNO. The van der Waals surface area contributed by atoms with Crippen LogP contribution in [-0.2, 0) is 11.2 Å². The second-order valence-electron chi connectivity index (χ2n) is 7.29. The van der Waals surface area contributed by atoms with Crippen LogP contribution in [0, 0.1) is 5.92 Å². The molecular weight excluding hydrogens is 330 g/mol. The highest BCUT2D eigenvalue weighted by molar-refractivity contribution is 5.85. The Balaban J connectivity index is 0.00000182. The fourth-order valence-electron chi connectivity index (χ4n) is 4.45. The lowest BCUT2D eigenvalue weighted by molar-refractivity contribution is -0.00893. The quantitative estimate of drug-likeness (QED) is 0.844. The molecule has 2 aliphatic heterocycles. The monoisotopic (exact) mass is 357 g/mol. The van der Waals surface area contributed by atoms with Gasteiger partial charge < -0.3 is 10.1 Å². The van der Waals surface area contributed by atoms with Crippen LogP contribution in [0.15, 0.2) is 54.6 Å². The summed E-state index contributed by atoms with van der Waals surface area (Å²) in [6, 6.07) is 20.3. The van der Waals surface area contributed by atoms with Gasteiger partial charge in [-0.05, 0) is 48.4 Å². The first-order valence-corrected chi connectivity index (χ1v) is 9.30. The van der Waals surface area contributed by atoms with Crippen molar-refractivity contribution >= 4 is 12.4 Å². The molecule has 1 fully saturated rings. The SMILES string of the molecule is CC(C1CC(c2ccccc2)CCN1)C1OCCc2ccccc21.Cl. The lowest BCUT2D eigenvalue weighted by atomic mass is 9.78. The van der Waals surface area contributed by atoms with Gasteiger partial charge in [-0.3, -0.25) is 0 Å². The standard InChI is InChI=1S/C22H27NO.ClH/c1-16(22-20-10-6-5-9-18(20)12-14-24-22)21-15-19(11-13-23-21)17-7-3-2-4-8-17;/h2-10,16,19,21-23H,11-15H2,1H3;1H. The number of nitrogens with one attached hydrogen (secondary N) is 1. The molecule has 2 heterocycles. The summed E-state index contributed by atoms with van der Waals surface area (Å²) < 4.78 is 6.22. The van der Waals surface area contributed by atoms with E-state index in [1.54, 1.807) is 0 Å². The zero-order valence-corrected chi connectivity index (χ0v) is 15.7. The Morgan fingerprint density at radius 3 is 2.64 bits per heavy atom. The maximum absolute atomic E-state index is 6.22. The maximum atomic E-state index is 6.22. The molecule has 1 N–H and O–H groups in total. The van der Waals surface area contributed by atoms with E-state index in [0.717, 1.165) is 19.6 Å². The fourth-order valence-corrected chi connectivity index (χ4v) is 4.45. The molecule has 0 bridgehead atoms. The number of benzene rings is 2. The Labute approximate surface area is 157 Å². The van der Waals surface area contributed by atoms with Crippen LogP contribution in [0.4, 0.5) is 0 Å². The smallest absolute Gasteiger partial charge is 0.0868 e. The molecule has 0 amide bonds. The molecule has 4 rings (SSSR count). The van der Waals surface area contributed by atoms with E-state index in [4.69, 9.17) is 4.74 Å². The summed E-state index contributed by atoms with van der Waals surface area (Å²) in [6.45, 7) is 4.31. The van der Waals surface area contributed by atoms with Crippen LogP contribution in [0.25, 0.3) is 0 Å². The summed E-state index contributed by atoms with van der Waals surface area (Å²) in [4.78, 5) is 0. The molecule has 3 heteroatoms. The van der Waals surface area contributed by atoms with Crippen molar-refractivity contribution in [1.82, 2.24) is 5.32 Å². The Hall–Kier alpha value is -1.35. The van der Waals surface area contributed by atoms with Gasteiger partial charge in [0, 0.05) is 12.0 Å². The van der Waals surface area contributed by atoms with Gasteiger partial charge in [0.05, 0.1) is 12.7 Å². The van der Waals surface area contributed by atoms with Gasteiger partial charge in [0.2, 0.25) is 0 Å². The van der Waals surface area contributed by atoms with Gasteiger partial charge in [-0.2, -0.15) is 0 Å². The van der Waals surface area contributed by atoms with Crippen molar-refractivity contribution in [2.75, 3.05) is 13.2 Å². The van der Waals surface area contributed by atoms with Crippen molar-refractivity contribution in [3.8, 4) is 0 Å². The summed E-state index contributed by atoms with van der Waals surface area (Å²) in [6.07, 6.45) is 3.70. The van der Waals surface area contributed by atoms with E-state index in [2.05, 4.69) is 66.8 Å². The minimum absolute atomic E-state index is 0. The molecule has 2 aromatic carbocycles. The van der Waals surface area contributed by atoms with Crippen molar-refractivity contribution in [2.45, 2.75) is 44.2 Å². The van der Waals surface area contributed by atoms with Gasteiger partial charge in [0.25, 0.3) is 0 Å². The first kappa shape index (κ1) is 18.4. The number of rotatable bonds is 3. The number of ether oxygens (including phenoxy) is 1. The molecule has 4 atom stereocenters. The summed E-state index contributed by atoms with van der Waals surface area (Å²) in [5, 5.41) is 3.77. The minimum atomic E-state index is 0. The Kier molecular flexibility index (Phi) is 6.16. The zero-order valence-electron chi connectivity index (χ0n) is 14.9. The van der Waals surface area contributed by atoms with Crippen LogP contribution >= 0.6 is 12.4 Å². The van der Waals surface area contributed by atoms with Gasteiger partial charge in [0.15, 0.2) is 0 Å². The van der Waals surface area contributed by atoms with E-state index in [1.807, 2.05) is 0 Å². The zero-order chi connectivity index (χ0) is 16.4. The Morgan fingerprint density at radius 1 is 1.04 bits per heavy atom. The summed E-state index contributed by atoms with van der Waals surface area (Å²) in [5.74, 6) is 1.15. The van der Waals surface area contributed by atoms with Crippen LogP contribution in [-0.4, -0.2) is 19.2 Å². The highest BCUT2D eigenvalue weighted by Gasteiger charge is 2.34. The van der Waals surface area contributed by atoms with E-state index < -0.39 is 0 Å². The van der Waals surface area contributed by atoms with E-state index >= 15 is 0 Å². The van der Waals surface area contributed by atoms with E-state index in [-0.39, 0.29) is 18.5 Å². The Bertz CT molecular complexity index is 675. The predicted octanol–water partition coefficient (Wildman–Crippen LogP) is 4.89. The lowest BCUT2D eigenvalue weighted by Crippen LogP contribution is -2.44. The molecule has 2 nitrogen and oxygen atoms in total. The highest BCUT2D eigenvalue weighted by Crippen LogP contribution is 2.38. The fraction of sp³-hybridized carbons (Fsp3) is 0.455. The van der Waals surface area contributed by atoms with Crippen molar-refractivity contribution in [1.29, 1.82) is 0 Å². The maximum Gasteiger partial charge on any atom is 0.0868 e. The summed E-state index contributed by atoms with van der Waals surface area (Å²) in [5.41, 5.74) is 4.36. The van der Waals surface area contributed by atoms with Crippen LogP contribution < -0.4 is 5.32 Å². The first-order valence-electron chi connectivity index (χ1n) is 9.30. The molecule has 0 spiro atoms. The van der Waals surface area contributed by atoms with E-state index in [0.29, 0.717) is 17.9 Å². The topological polar surface area (TPSA) is 21.3 Å². The average molecular weight is 358 g/mol. The molecule has 1 saturated heterocycles. The molecule has 2 aliphatic rings. The number of hydrogen-bond acceptors (Lipinski definition) is 2. The van der Waals surface area contributed by atoms with Gasteiger partial charge in [-0.15, -0.1) is 12.4 Å². The number of halogens is 1. The van der Waals surface area contributed by atoms with E-state index in [1.165, 1.54) is 29.5 Å². The molecule has 0 radical (unpaired) electrons. The van der Waals surface area contributed by atoms with Gasteiger partial charge in [-0.25, -0.2) is 0 Å². The normalized spacial score (nSPS) is 27.0. The van der Waals surface area contributed by atoms with Crippen LogP contribution in [0.5, 0.6) is 0 Å². The molecule has 0 aromatic heterocycles. The Morgan fingerprint density at radius 2 is 1.80 bits per heavy atom. The van der Waals surface area contributed by atoms with Gasteiger partial charge in [0.1, 0.15) is 0 Å². The number of hydrogen-bond donors (Lipinski definition) is 1. The third-order valence-corrected chi connectivity index (χ3v) is 5.85. The van der Waals surface area contributed by atoms with Crippen LogP contribution in [0.1, 0.15) is 48.5 Å².